The van der Waals surface area contributed by atoms with Crippen LogP contribution in [0.15, 0.2) is 29.7 Å². The number of hydrogen-bond acceptors (Lipinski definition) is 3. The second kappa shape index (κ2) is 6.60. The first kappa shape index (κ1) is 16.0. The second-order valence-electron chi connectivity index (χ2n) is 4.90. The minimum Gasteiger partial charge on any atom is -0.481 e. The van der Waals surface area contributed by atoms with Crippen molar-refractivity contribution in [2.24, 2.45) is 0 Å². The number of nitrogens with zero attached hydrogens (tertiary/aromatic N) is 1. The average Bonchev–Trinajstić information content (AvgIpc) is 2.86. The molecule has 1 saturated heterocycles. The molecule has 1 atom stereocenters. The summed E-state index contributed by atoms with van der Waals surface area (Å²) in [5.74, 6) is -0.983. The van der Waals surface area contributed by atoms with Crippen LogP contribution < -0.4 is 0 Å². The molecule has 1 N–H and O–H groups in total. The van der Waals surface area contributed by atoms with E-state index in [0.717, 1.165) is 11.0 Å². The van der Waals surface area contributed by atoms with E-state index in [2.05, 4.69) is 0 Å². The van der Waals surface area contributed by atoms with E-state index < -0.39 is 22.0 Å². The van der Waals surface area contributed by atoms with Crippen LogP contribution in [0.5, 0.6) is 0 Å². The molecular formula is C14H16ClNO4S. The van der Waals surface area contributed by atoms with Gasteiger partial charge in [-0.25, -0.2) is 8.42 Å². The summed E-state index contributed by atoms with van der Waals surface area (Å²) in [6.45, 7) is 0.366. The maximum atomic E-state index is 12.3. The number of carboxylic acids is 1. The smallest absolute Gasteiger partial charge is 0.304 e. The predicted molar refractivity (Wildman–Crippen MR) is 81.4 cm³/mol. The zero-order valence-corrected chi connectivity index (χ0v) is 12.8. The van der Waals surface area contributed by atoms with E-state index >= 15 is 0 Å². The van der Waals surface area contributed by atoms with Gasteiger partial charge in [0.15, 0.2) is 0 Å². The van der Waals surface area contributed by atoms with Gasteiger partial charge in [0.1, 0.15) is 0 Å². The molecule has 1 aliphatic heterocycles. The molecule has 1 heterocycles. The maximum absolute atomic E-state index is 12.3. The average molecular weight is 330 g/mol. The highest BCUT2D eigenvalue weighted by molar-refractivity contribution is 7.92. The predicted octanol–water partition coefficient (Wildman–Crippen LogP) is 2.58. The van der Waals surface area contributed by atoms with Crippen molar-refractivity contribution in [3.8, 4) is 0 Å². The molecule has 21 heavy (non-hydrogen) atoms. The Morgan fingerprint density at radius 1 is 1.38 bits per heavy atom. The third-order valence-electron chi connectivity index (χ3n) is 3.36. The van der Waals surface area contributed by atoms with Gasteiger partial charge < -0.3 is 5.11 Å². The molecule has 0 bridgehead atoms. The lowest BCUT2D eigenvalue weighted by atomic mass is 10.2. The minimum atomic E-state index is -3.61. The first-order valence-corrected chi connectivity index (χ1v) is 8.44. The Morgan fingerprint density at radius 3 is 2.67 bits per heavy atom. The fourth-order valence-corrected chi connectivity index (χ4v) is 3.96. The topological polar surface area (TPSA) is 74.7 Å². The lowest BCUT2D eigenvalue weighted by Gasteiger charge is -2.20. The van der Waals surface area contributed by atoms with Gasteiger partial charge in [0.25, 0.3) is 0 Å². The van der Waals surface area contributed by atoms with E-state index in [1.165, 1.54) is 10.4 Å². The van der Waals surface area contributed by atoms with E-state index in [1.807, 2.05) is 0 Å². The van der Waals surface area contributed by atoms with Crippen LogP contribution in [0.3, 0.4) is 0 Å². The zero-order valence-electron chi connectivity index (χ0n) is 11.3. The Morgan fingerprint density at radius 2 is 2.05 bits per heavy atom. The number of aliphatic carboxylic acids is 1. The molecular weight excluding hydrogens is 314 g/mol. The molecule has 0 aromatic heterocycles. The summed E-state index contributed by atoms with van der Waals surface area (Å²) >= 11 is 5.77. The van der Waals surface area contributed by atoms with E-state index in [1.54, 1.807) is 24.3 Å². The van der Waals surface area contributed by atoms with Gasteiger partial charge in [0.05, 0.1) is 6.42 Å². The Balaban J connectivity index is 2.13. The van der Waals surface area contributed by atoms with Gasteiger partial charge in [0.2, 0.25) is 10.0 Å². The Bertz CT molecular complexity index is 639. The monoisotopic (exact) mass is 329 g/mol. The van der Waals surface area contributed by atoms with E-state index in [9.17, 15) is 13.2 Å². The molecule has 2 rings (SSSR count). The van der Waals surface area contributed by atoms with Crippen molar-refractivity contribution in [3.63, 3.8) is 0 Å². The van der Waals surface area contributed by atoms with Gasteiger partial charge in [0, 0.05) is 23.0 Å². The number of carbonyl (C=O) groups is 1. The van der Waals surface area contributed by atoms with Crippen molar-refractivity contribution in [1.82, 2.24) is 4.31 Å². The molecule has 1 unspecified atom stereocenters. The number of carboxylic acid groups (broad SMARTS) is 1. The number of halogens is 1. The molecule has 5 nitrogen and oxygen atoms in total. The Hall–Kier alpha value is -1.37. The lowest BCUT2D eigenvalue weighted by molar-refractivity contribution is -0.137. The van der Waals surface area contributed by atoms with Crippen molar-refractivity contribution in [3.05, 3.63) is 40.3 Å². The van der Waals surface area contributed by atoms with Crippen LogP contribution in [0.25, 0.3) is 6.08 Å². The molecule has 0 aliphatic carbocycles. The standard InChI is InChI=1S/C14H16ClNO4S/c15-12-5-3-11(4-6-12)7-9-21(19,20)16-8-1-2-13(16)10-14(17)18/h3-7,9,13H,1-2,8,10H2,(H,17,18)/b9-7+. The quantitative estimate of drug-likeness (QED) is 0.901. The lowest BCUT2D eigenvalue weighted by Crippen LogP contribution is -2.35. The summed E-state index contributed by atoms with van der Waals surface area (Å²) in [4.78, 5) is 10.8. The van der Waals surface area contributed by atoms with Crippen molar-refractivity contribution < 1.29 is 18.3 Å². The molecule has 1 aromatic rings. The van der Waals surface area contributed by atoms with Crippen LogP contribution in [0.4, 0.5) is 0 Å². The second-order valence-corrected chi connectivity index (χ2v) is 7.11. The van der Waals surface area contributed by atoms with Crippen molar-refractivity contribution in [1.29, 1.82) is 0 Å². The summed E-state index contributed by atoms with van der Waals surface area (Å²) in [6.07, 6.45) is 2.60. The number of hydrogen-bond donors (Lipinski definition) is 1. The van der Waals surface area contributed by atoms with Gasteiger partial charge in [-0.1, -0.05) is 23.7 Å². The summed E-state index contributed by atoms with van der Waals surface area (Å²) < 4.78 is 25.8. The molecule has 1 fully saturated rings. The highest BCUT2D eigenvalue weighted by Crippen LogP contribution is 2.24. The Labute approximate surface area is 128 Å². The van der Waals surface area contributed by atoms with Crippen LogP contribution in [-0.4, -0.2) is 36.4 Å². The fraction of sp³-hybridized carbons (Fsp3) is 0.357. The van der Waals surface area contributed by atoms with Crippen LogP contribution in [0, 0.1) is 0 Å². The van der Waals surface area contributed by atoms with E-state index in [0.29, 0.717) is 24.4 Å². The molecule has 0 saturated carbocycles. The van der Waals surface area contributed by atoms with E-state index in [4.69, 9.17) is 16.7 Å². The third kappa shape index (κ3) is 4.30. The van der Waals surface area contributed by atoms with Crippen LogP contribution in [-0.2, 0) is 14.8 Å². The fourth-order valence-electron chi connectivity index (χ4n) is 2.37. The van der Waals surface area contributed by atoms with Gasteiger partial charge in [-0.15, -0.1) is 0 Å². The molecule has 1 aliphatic rings. The van der Waals surface area contributed by atoms with E-state index in [-0.39, 0.29) is 6.42 Å². The SMILES string of the molecule is O=C(O)CC1CCCN1S(=O)(=O)/C=C/c1ccc(Cl)cc1. The normalized spacial score (nSPS) is 20.1. The molecule has 7 heteroatoms. The van der Waals surface area contributed by atoms with Crippen molar-refractivity contribution >= 4 is 33.7 Å². The molecule has 114 valence electrons. The zero-order chi connectivity index (χ0) is 15.5. The Kier molecular flexibility index (Phi) is 5.03. The molecule has 0 radical (unpaired) electrons. The van der Waals surface area contributed by atoms with Crippen molar-refractivity contribution in [2.45, 2.75) is 25.3 Å². The third-order valence-corrected chi connectivity index (χ3v) is 5.23. The molecule has 0 spiro atoms. The highest BCUT2D eigenvalue weighted by atomic mass is 35.5. The van der Waals surface area contributed by atoms with Crippen LogP contribution in [0.2, 0.25) is 5.02 Å². The van der Waals surface area contributed by atoms with Crippen LogP contribution in [0.1, 0.15) is 24.8 Å². The van der Waals surface area contributed by atoms with Gasteiger partial charge in [-0.3, -0.25) is 4.79 Å². The number of rotatable bonds is 5. The maximum Gasteiger partial charge on any atom is 0.304 e. The first-order valence-electron chi connectivity index (χ1n) is 6.56. The number of benzene rings is 1. The minimum absolute atomic E-state index is 0.159. The summed E-state index contributed by atoms with van der Waals surface area (Å²) in [5, 5.41) is 10.5. The number of sulfonamides is 1. The van der Waals surface area contributed by atoms with Gasteiger partial charge in [-0.2, -0.15) is 4.31 Å². The van der Waals surface area contributed by atoms with Crippen LogP contribution >= 0.6 is 11.6 Å². The molecule has 1 aromatic carbocycles. The summed E-state index contributed by atoms with van der Waals surface area (Å²) in [5.41, 5.74) is 0.719. The van der Waals surface area contributed by atoms with Gasteiger partial charge in [-0.05, 0) is 36.6 Å². The summed E-state index contributed by atoms with van der Waals surface area (Å²) in [7, 11) is -3.61. The van der Waals surface area contributed by atoms with Crippen molar-refractivity contribution in [2.75, 3.05) is 6.54 Å². The largest absolute Gasteiger partial charge is 0.481 e. The highest BCUT2D eigenvalue weighted by Gasteiger charge is 2.33. The molecule has 0 amide bonds. The first-order chi connectivity index (χ1) is 9.88. The summed E-state index contributed by atoms with van der Waals surface area (Å²) in [6, 6.07) is 6.33. The van der Waals surface area contributed by atoms with Gasteiger partial charge >= 0.3 is 5.97 Å².